The predicted octanol–water partition coefficient (Wildman–Crippen LogP) is 3.56. The van der Waals surface area contributed by atoms with E-state index < -0.39 is 5.97 Å². The van der Waals surface area contributed by atoms with E-state index in [4.69, 9.17) is 0 Å². The number of aryl methyl sites for hydroxylation is 2. The molecule has 3 aromatic rings. The number of aromatic nitrogens is 2. The van der Waals surface area contributed by atoms with Gasteiger partial charge in [0.15, 0.2) is 5.69 Å². The zero-order chi connectivity index (χ0) is 16.6. The number of nitrogens with zero attached hydrogens (tertiary/aromatic N) is 2. The number of para-hydroxylation sites is 2. The third kappa shape index (κ3) is 2.68. The quantitative estimate of drug-likeness (QED) is 0.775. The van der Waals surface area contributed by atoms with E-state index in [0.29, 0.717) is 11.4 Å². The second-order valence-electron chi connectivity index (χ2n) is 5.44. The van der Waals surface area contributed by atoms with Crippen LogP contribution in [0.15, 0.2) is 48.5 Å². The molecular formula is C18H16N2O3. The van der Waals surface area contributed by atoms with Gasteiger partial charge in [0, 0.05) is 5.56 Å². The Hall–Kier alpha value is -3.08. The number of benzene rings is 2. The van der Waals surface area contributed by atoms with E-state index >= 15 is 0 Å². The summed E-state index contributed by atoms with van der Waals surface area (Å²) in [4.78, 5) is 11.6. The van der Waals surface area contributed by atoms with Crippen LogP contribution in [0.3, 0.4) is 0 Å². The van der Waals surface area contributed by atoms with Gasteiger partial charge >= 0.3 is 5.97 Å². The Balaban J connectivity index is 2.23. The molecule has 0 spiro atoms. The van der Waals surface area contributed by atoms with Crippen LogP contribution >= 0.6 is 0 Å². The molecule has 5 heteroatoms. The minimum absolute atomic E-state index is 0.00223. The SMILES string of the molecule is Cc1ccc(C)c(-c2cc(C(=O)O)n(-c3ccccc3O)n2)c1. The van der Waals surface area contributed by atoms with Crippen LogP contribution in [-0.2, 0) is 0 Å². The molecule has 2 N–H and O–H groups in total. The van der Waals surface area contributed by atoms with Crippen molar-refractivity contribution < 1.29 is 15.0 Å². The molecule has 1 heterocycles. The van der Waals surface area contributed by atoms with Gasteiger partial charge in [-0.3, -0.25) is 0 Å². The maximum Gasteiger partial charge on any atom is 0.354 e. The lowest BCUT2D eigenvalue weighted by Crippen LogP contribution is -2.07. The molecule has 0 unspecified atom stereocenters. The van der Waals surface area contributed by atoms with Crippen molar-refractivity contribution in [3.8, 4) is 22.7 Å². The first-order chi connectivity index (χ1) is 11.0. The highest BCUT2D eigenvalue weighted by Gasteiger charge is 2.19. The number of phenols is 1. The van der Waals surface area contributed by atoms with Crippen molar-refractivity contribution in [1.82, 2.24) is 9.78 Å². The Morgan fingerprint density at radius 3 is 2.52 bits per heavy atom. The summed E-state index contributed by atoms with van der Waals surface area (Å²) in [5.41, 5.74) is 3.85. The van der Waals surface area contributed by atoms with Crippen LogP contribution in [0.2, 0.25) is 0 Å². The number of rotatable bonds is 3. The van der Waals surface area contributed by atoms with Gasteiger partial charge in [0.25, 0.3) is 0 Å². The number of carboxylic acid groups (broad SMARTS) is 1. The summed E-state index contributed by atoms with van der Waals surface area (Å²) in [6.07, 6.45) is 0. The largest absolute Gasteiger partial charge is 0.506 e. The maximum absolute atomic E-state index is 11.6. The van der Waals surface area contributed by atoms with Crippen molar-refractivity contribution in [2.24, 2.45) is 0 Å². The Morgan fingerprint density at radius 2 is 1.83 bits per heavy atom. The molecule has 0 bridgehead atoms. The summed E-state index contributed by atoms with van der Waals surface area (Å²) < 4.78 is 1.26. The molecule has 0 saturated heterocycles. The minimum Gasteiger partial charge on any atom is -0.506 e. The van der Waals surface area contributed by atoms with Crippen LogP contribution in [0.1, 0.15) is 21.6 Å². The lowest BCUT2D eigenvalue weighted by molar-refractivity contribution is 0.0687. The van der Waals surface area contributed by atoms with E-state index in [1.807, 2.05) is 32.0 Å². The molecular weight excluding hydrogens is 292 g/mol. The molecule has 0 aliphatic rings. The molecule has 23 heavy (non-hydrogen) atoms. The molecule has 1 aromatic heterocycles. The van der Waals surface area contributed by atoms with Gasteiger partial charge in [-0.25, -0.2) is 9.48 Å². The normalized spacial score (nSPS) is 10.7. The predicted molar refractivity (Wildman–Crippen MR) is 87.1 cm³/mol. The van der Waals surface area contributed by atoms with Crippen molar-refractivity contribution in [3.63, 3.8) is 0 Å². The Bertz CT molecular complexity index is 897. The van der Waals surface area contributed by atoms with Crippen molar-refractivity contribution in [2.75, 3.05) is 0 Å². The summed E-state index contributed by atoms with van der Waals surface area (Å²) >= 11 is 0. The zero-order valence-electron chi connectivity index (χ0n) is 12.8. The zero-order valence-corrected chi connectivity index (χ0v) is 12.8. The van der Waals surface area contributed by atoms with Gasteiger partial charge in [0.05, 0.1) is 5.69 Å². The summed E-state index contributed by atoms with van der Waals surface area (Å²) in [7, 11) is 0. The van der Waals surface area contributed by atoms with Crippen molar-refractivity contribution in [3.05, 3.63) is 65.4 Å². The third-order valence-electron chi connectivity index (χ3n) is 3.71. The van der Waals surface area contributed by atoms with Crippen LogP contribution in [0.25, 0.3) is 16.9 Å². The number of carbonyl (C=O) groups is 1. The smallest absolute Gasteiger partial charge is 0.354 e. The fourth-order valence-electron chi connectivity index (χ4n) is 2.50. The fourth-order valence-corrected chi connectivity index (χ4v) is 2.50. The summed E-state index contributed by atoms with van der Waals surface area (Å²) in [6, 6.07) is 14.0. The van der Waals surface area contributed by atoms with Gasteiger partial charge in [0.2, 0.25) is 0 Å². The third-order valence-corrected chi connectivity index (χ3v) is 3.71. The maximum atomic E-state index is 11.6. The topological polar surface area (TPSA) is 75.3 Å². The van der Waals surface area contributed by atoms with Crippen molar-refractivity contribution in [1.29, 1.82) is 0 Å². The monoisotopic (exact) mass is 308 g/mol. The number of aromatic hydroxyl groups is 1. The molecule has 116 valence electrons. The standard InChI is InChI=1S/C18H16N2O3/c1-11-7-8-12(2)13(9-11)14-10-16(18(22)23)20(19-14)15-5-3-4-6-17(15)21/h3-10,21H,1-2H3,(H,22,23). The van der Waals surface area contributed by atoms with Crippen molar-refractivity contribution in [2.45, 2.75) is 13.8 Å². The van der Waals surface area contributed by atoms with E-state index in [1.165, 1.54) is 16.8 Å². The van der Waals surface area contributed by atoms with Gasteiger partial charge in [-0.15, -0.1) is 0 Å². The number of phenolic OH excluding ortho intramolecular Hbond substituents is 1. The fraction of sp³-hybridized carbons (Fsp3) is 0.111. The van der Waals surface area contributed by atoms with Crippen LogP contribution in [0.5, 0.6) is 5.75 Å². The molecule has 5 nitrogen and oxygen atoms in total. The summed E-state index contributed by atoms with van der Waals surface area (Å²) in [6.45, 7) is 3.93. The molecule has 0 fully saturated rings. The van der Waals surface area contributed by atoms with Gasteiger partial charge in [-0.2, -0.15) is 5.10 Å². The van der Waals surface area contributed by atoms with Crippen molar-refractivity contribution >= 4 is 5.97 Å². The molecule has 0 aliphatic heterocycles. The number of hydrogen-bond acceptors (Lipinski definition) is 3. The van der Waals surface area contributed by atoms with Gasteiger partial charge in [-0.05, 0) is 43.7 Å². The highest BCUT2D eigenvalue weighted by Crippen LogP contribution is 2.28. The molecule has 2 aromatic carbocycles. The second kappa shape index (κ2) is 5.61. The summed E-state index contributed by atoms with van der Waals surface area (Å²) in [5.74, 6) is -1.12. The lowest BCUT2D eigenvalue weighted by Gasteiger charge is -2.06. The number of hydrogen-bond donors (Lipinski definition) is 2. The highest BCUT2D eigenvalue weighted by atomic mass is 16.4. The van der Waals surface area contributed by atoms with Crippen LogP contribution in [0.4, 0.5) is 0 Å². The van der Waals surface area contributed by atoms with E-state index in [2.05, 4.69) is 5.10 Å². The van der Waals surface area contributed by atoms with E-state index in [1.54, 1.807) is 18.2 Å². The van der Waals surface area contributed by atoms with Crippen LogP contribution in [-0.4, -0.2) is 26.0 Å². The average molecular weight is 308 g/mol. The Kier molecular flexibility index (Phi) is 3.62. The second-order valence-corrected chi connectivity index (χ2v) is 5.44. The molecule has 0 radical (unpaired) electrons. The number of aromatic carboxylic acids is 1. The van der Waals surface area contributed by atoms with Gasteiger partial charge in [-0.1, -0.05) is 29.8 Å². The summed E-state index contributed by atoms with van der Waals surface area (Å²) in [5, 5.41) is 23.9. The van der Waals surface area contributed by atoms with E-state index in [9.17, 15) is 15.0 Å². The minimum atomic E-state index is -1.10. The Morgan fingerprint density at radius 1 is 1.09 bits per heavy atom. The first-order valence-electron chi connectivity index (χ1n) is 7.16. The molecule has 0 aliphatic carbocycles. The van der Waals surface area contributed by atoms with Gasteiger partial charge in [0.1, 0.15) is 11.4 Å². The Labute approximate surface area is 133 Å². The first kappa shape index (κ1) is 14.8. The molecule has 0 amide bonds. The molecule has 0 atom stereocenters. The van der Waals surface area contributed by atoms with Gasteiger partial charge < -0.3 is 10.2 Å². The van der Waals surface area contributed by atoms with Crippen LogP contribution in [0, 0.1) is 13.8 Å². The molecule has 3 rings (SSSR count). The van der Waals surface area contributed by atoms with Crippen LogP contribution < -0.4 is 0 Å². The molecule has 0 saturated carbocycles. The van der Waals surface area contributed by atoms with E-state index in [-0.39, 0.29) is 11.4 Å². The first-order valence-corrected chi connectivity index (χ1v) is 7.16. The highest BCUT2D eigenvalue weighted by molar-refractivity contribution is 5.88. The van der Waals surface area contributed by atoms with E-state index in [0.717, 1.165) is 16.7 Å². The average Bonchev–Trinajstić information content (AvgIpc) is 2.95. The lowest BCUT2D eigenvalue weighted by atomic mass is 10.0. The number of carboxylic acids is 1.